The van der Waals surface area contributed by atoms with Crippen molar-refractivity contribution in [3.8, 4) is 11.3 Å². The van der Waals surface area contributed by atoms with E-state index in [0.29, 0.717) is 22.8 Å². The third kappa shape index (κ3) is 2.48. The molecule has 3 rings (SSSR count). The second kappa shape index (κ2) is 5.12. The van der Waals surface area contributed by atoms with E-state index in [4.69, 9.17) is 10.2 Å². The van der Waals surface area contributed by atoms with Gasteiger partial charge in [0.05, 0.1) is 17.6 Å². The standard InChI is InChI=1S/C14H13N5O2/c1-8-12(15)13(19-18-8)14(20)17-10-4-2-9(3-5-10)11-6-16-7-21-11/h2-7H,15H2,1H3,(H,17,20)(H,18,19). The number of benzene rings is 1. The molecule has 0 aliphatic rings. The van der Waals surface area contributed by atoms with Crippen molar-refractivity contribution >= 4 is 17.3 Å². The number of anilines is 2. The Kier molecular flexibility index (Phi) is 3.15. The van der Waals surface area contributed by atoms with E-state index in [0.717, 1.165) is 5.56 Å². The van der Waals surface area contributed by atoms with E-state index in [-0.39, 0.29) is 11.6 Å². The highest BCUT2D eigenvalue weighted by molar-refractivity contribution is 6.06. The van der Waals surface area contributed by atoms with Gasteiger partial charge in [0.1, 0.15) is 0 Å². The van der Waals surface area contributed by atoms with Crippen molar-refractivity contribution in [2.75, 3.05) is 11.1 Å². The number of H-pyrrole nitrogens is 1. The minimum Gasteiger partial charge on any atom is -0.444 e. The molecule has 0 atom stereocenters. The Balaban J connectivity index is 1.76. The number of nitrogens with zero attached hydrogens (tertiary/aromatic N) is 2. The zero-order chi connectivity index (χ0) is 14.8. The zero-order valence-corrected chi connectivity index (χ0v) is 11.3. The molecule has 3 aromatic rings. The summed E-state index contributed by atoms with van der Waals surface area (Å²) in [6.07, 6.45) is 2.99. The minimum atomic E-state index is -0.357. The first-order valence-electron chi connectivity index (χ1n) is 6.26. The predicted molar refractivity (Wildman–Crippen MR) is 77.6 cm³/mol. The number of carbonyl (C=O) groups is 1. The van der Waals surface area contributed by atoms with E-state index in [1.165, 1.54) is 6.39 Å². The molecule has 106 valence electrons. The summed E-state index contributed by atoms with van der Waals surface area (Å²) < 4.78 is 5.20. The number of oxazole rings is 1. The molecule has 0 saturated heterocycles. The first kappa shape index (κ1) is 12.9. The van der Waals surface area contributed by atoms with Crippen LogP contribution in [0.4, 0.5) is 11.4 Å². The van der Waals surface area contributed by atoms with Crippen molar-refractivity contribution < 1.29 is 9.21 Å². The van der Waals surface area contributed by atoms with Crippen LogP contribution in [0.5, 0.6) is 0 Å². The van der Waals surface area contributed by atoms with Crippen LogP contribution < -0.4 is 11.1 Å². The number of aromatic nitrogens is 3. The number of carbonyl (C=O) groups excluding carboxylic acids is 1. The lowest BCUT2D eigenvalue weighted by Gasteiger charge is -2.04. The van der Waals surface area contributed by atoms with Gasteiger partial charge in [-0.3, -0.25) is 9.89 Å². The number of rotatable bonds is 3. The summed E-state index contributed by atoms with van der Waals surface area (Å²) in [7, 11) is 0. The summed E-state index contributed by atoms with van der Waals surface area (Å²) in [5, 5.41) is 9.30. The third-order valence-corrected chi connectivity index (χ3v) is 3.07. The van der Waals surface area contributed by atoms with Crippen LogP contribution in [0.25, 0.3) is 11.3 Å². The van der Waals surface area contributed by atoms with Crippen LogP contribution >= 0.6 is 0 Å². The zero-order valence-electron chi connectivity index (χ0n) is 11.3. The van der Waals surface area contributed by atoms with E-state index in [1.54, 1.807) is 25.3 Å². The summed E-state index contributed by atoms with van der Waals surface area (Å²) in [5.41, 5.74) is 8.50. The number of nitrogen functional groups attached to an aromatic ring is 1. The van der Waals surface area contributed by atoms with Gasteiger partial charge in [-0.15, -0.1) is 0 Å². The Morgan fingerprint density at radius 2 is 2.10 bits per heavy atom. The molecule has 0 aliphatic heterocycles. The van der Waals surface area contributed by atoms with Crippen molar-refractivity contribution in [2.45, 2.75) is 6.92 Å². The summed E-state index contributed by atoms with van der Waals surface area (Å²) in [4.78, 5) is 15.9. The molecule has 0 fully saturated rings. The van der Waals surface area contributed by atoms with Crippen LogP contribution in [0, 0.1) is 6.92 Å². The molecule has 0 aliphatic carbocycles. The van der Waals surface area contributed by atoms with Crippen LogP contribution in [-0.2, 0) is 0 Å². The maximum atomic E-state index is 12.1. The quantitative estimate of drug-likeness (QED) is 0.682. The average molecular weight is 283 g/mol. The fourth-order valence-corrected chi connectivity index (χ4v) is 1.88. The second-order valence-corrected chi connectivity index (χ2v) is 4.51. The monoisotopic (exact) mass is 283 g/mol. The van der Waals surface area contributed by atoms with Gasteiger partial charge in [0.15, 0.2) is 17.8 Å². The summed E-state index contributed by atoms with van der Waals surface area (Å²) in [6, 6.07) is 7.20. The molecule has 4 N–H and O–H groups in total. The van der Waals surface area contributed by atoms with Crippen LogP contribution in [0.1, 0.15) is 16.2 Å². The van der Waals surface area contributed by atoms with Crippen molar-refractivity contribution in [1.82, 2.24) is 15.2 Å². The highest BCUT2D eigenvalue weighted by atomic mass is 16.3. The van der Waals surface area contributed by atoms with Crippen LogP contribution in [-0.4, -0.2) is 21.1 Å². The first-order chi connectivity index (χ1) is 10.1. The summed E-state index contributed by atoms with van der Waals surface area (Å²) in [5.74, 6) is 0.310. The number of nitrogens with one attached hydrogen (secondary N) is 2. The van der Waals surface area contributed by atoms with Gasteiger partial charge in [-0.25, -0.2) is 4.98 Å². The number of nitrogens with two attached hydrogens (primary N) is 1. The van der Waals surface area contributed by atoms with Gasteiger partial charge in [-0.1, -0.05) is 0 Å². The molecule has 0 unspecified atom stereocenters. The number of aryl methyl sites for hydroxylation is 1. The van der Waals surface area contributed by atoms with Crippen molar-refractivity contribution in [1.29, 1.82) is 0 Å². The molecular weight excluding hydrogens is 270 g/mol. The van der Waals surface area contributed by atoms with Crippen LogP contribution in [0.3, 0.4) is 0 Å². The molecule has 7 heteroatoms. The van der Waals surface area contributed by atoms with Crippen LogP contribution in [0.2, 0.25) is 0 Å². The third-order valence-electron chi connectivity index (χ3n) is 3.07. The summed E-state index contributed by atoms with van der Waals surface area (Å²) >= 11 is 0. The SMILES string of the molecule is Cc1[nH]nc(C(=O)Nc2ccc(-c3cnco3)cc2)c1N. The Hall–Kier alpha value is -3.09. The largest absolute Gasteiger partial charge is 0.444 e. The van der Waals surface area contributed by atoms with E-state index in [9.17, 15) is 4.79 Å². The first-order valence-corrected chi connectivity index (χ1v) is 6.26. The van der Waals surface area contributed by atoms with Gasteiger partial charge in [-0.05, 0) is 31.2 Å². The smallest absolute Gasteiger partial charge is 0.278 e. The fraction of sp³-hybridized carbons (Fsp3) is 0.0714. The number of aromatic amines is 1. The molecule has 2 aromatic heterocycles. The Bertz CT molecular complexity index is 759. The lowest BCUT2D eigenvalue weighted by molar-refractivity contribution is 0.102. The lowest BCUT2D eigenvalue weighted by atomic mass is 10.1. The van der Waals surface area contributed by atoms with Gasteiger partial charge >= 0.3 is 0 Å². The van der Waals surface area contributed by atoms with Crippen molar-refractivity contribution in [3.05, 3.63) is 48.2 Å². The number of hydrogen-bond acceptors (Lipinski definition) is 5. The van der Waals surface area contributed by atoms with E-state index < -0.39 is 0 Å². The lowest BCUT2D eigenvalue weighted by Crippen LogP contribution is -2.14. The molecule has 0 radical (unpaired) electrons. The van der Waals surface area contributed by atoms with E-state index in [1.807, 2.05) is 12.1 Å². The van der Waals surface area contributed by atoms with E-state index >= 15 is 0 Å². The topological polar surface area (TPSA) is 110 Å². The maximum Gasteiger partial charge on any atom is 0.278 e. The Labute approximate surface area is 120 Å². The molecular formula is C14H13N5O2. The fourth-order valence-electron chi connectivity index (χ4n) is 1.88. The molecule has 7 nitrogen and oxygen atoms in total. The number of amides is 1. The normalized spacial score (nSPS) is 10.5. The molecule has 21 heavy (non-hydrogen) atoms. The van der Waals surface area contributed by atoms with Crippen LogP contribution in [0.15, 0.2) is 41.3 Å². The summed E-state index contributed by atoms with van der Waals surface area (Å²) in [6.45, 7) is 1.76. The van der Waals surface area contributed by atoms with E-state index in [2.05, 4.69) is 20.5 Å². The molecule has 0 spiro atoms. The maximum absolute atomic E-state index is 12.1. The van der Waals surface area contributed by atoms with Gasteiger partial charge in [-0.2, -0.15) is 5.10 Å². The highest BCUT2D eigenvalue weighted by Crippen LogP contribution is 2.21. The molecule has 1 aromatic carbocycles. The number of hydrogen-bond donors (Lipinski definition) is 3. The van der Waals surface area contributed by atoms with Crippen molar-refractivity contribution in [3.63, 3.8) is 0 Å². The average Bonchev–Trinajstić information content (AvgIpc) is 3.11. The minimum absolute atomic E-state index is 0.187. The predicted octanol–water partition coefficient (Wildman–Crippen LogP) is 2.21. The van der Waals surface area contributed by atoms with Gasteiger partial charge in [0.25, 0.3) is 5.91 Å². The van der Waals surface area contributed by atoms with Gasteiger partial charge in [0, 0.05) is 11.3 Å². The molecule has 0 bridgehead atoms. The molecule has 2 heterocycles. The molecule has 0 saturated carbocycles. The highest BCUT2D eigenvalue weighted by Gasteiger charge is 2.15. The Morgan fingerprint density at radius 3 is 2.67 bits per heavy atom. The van der Waals surface area contributed by atoms with Crippen molar-refractivity contribution in [2.24, 2.45) is 0 Å². The van der Waals surface area contributed by atoms with Gasteiger partial charge < -0.3 is 15.5 Å². The molecule has 1 amide bonds. The second-order valence-electron chi connectivity index (χ2n) is 4.51. The Morgan fingerprint density at radius 1 is 1.33 bits per heavy atom. The van der Waals surface area contributed by atoms with Gasteiger partial charge in [0.2, 0.25) is 0 Å².